The summed E-state index contributed by atoms with van der Waals surface area (Å²) in [6, 6.07) is 4.10. The molecule has 0 saturated heterocycles. The van der Waals surface area contributed by atoms with Gasteiger partial charge in [0.15, 0.2) is 0 Å². The Morgan fingerprint density at radius 2 is 2.06 bits per heavy atom. The lowest BCUT2D eigenvalue weighted by Gasteiger charge is -2.17. The van der Waals surface area contributed by atoms with Crippen molar-refractivity contribution in [2.45, 2.75) is 6.04 Å². The third-order valence-corrected chi connectivity index (χ3v) is 2.60. The molecule has 2 rings (SSSR count). The summed E-state index contributed by atoms with van der Waals surface area (Å²) in [5, 5.41) is 0. The van der Waals surface area contributed by atoms with Crippen molar-refractivity contribution in [2.24, 2.45) is 5.84 Å². The predicted octanol–water partition coefficient (Wildman–Crippen LogP) is 1.18. The fourth-order valence-electron chi connectivity index (χ4n) is 1.69. The minimum Gasteiger partial charge on any atom is -0.497 e. The predicted molar refractivity (Wildman–Crippen MR) is 64.2 cm³/mol. The van der Waals surface area contributed by atoms with E-state index in [1.165, 1.54) is 19.5 Å². The van der Waals surface area contributed by atoms with Gasteiger partial charge in [0.25, 0.3) is 0 Å². The topological polar surface area (TPSA) is 73.1 Å². The number of methoxy groups -OCH3 is 1. The minimum absolute atomic E-state index is 0.402. The zero-order valence-electron chi connectivity index (χ0n) is 9.80. The van der Waals surface area contributed by atoms with Crippen molar-refractivity contribution in [1.82, 2.24) is 15.4 Å². The first-order chi connectivity index (χ1) is 8.76. The van der Waals surface area contributed by atoms with Crippen LogP contribution in [-0.2, 0) is 0 Å². The Labute approximate surface area is 104 Å². The highest BCUT2D eigenvalue weighted by molar-refractivity contribution is 5.35. The number of hydrogen-bond acceptors (Lipinski definition) is 5. The van der Waals surface area contributed by atoms with Crippen LogP contribution < -0.4 is 16.0 Å². The van der Waals surface area contributed by atoms with Gasteiger partial charge in [-0.25, -0.2) is 19.8 Å². The van der Waals surface area contributed by atoms with Gasteiger partial charge in [-0.1, -0.05) is 6.07 Å². The van der Waals surface area contributed by atoms with Gasteiger partial charge in [-0.15, -0.1) is 0 Å². The second-order valence-electron chi connectivity index (χ2n) is 3.66. The lowest BCUT2D eigenvalue weighted by Crippen LogP contribution is -2.29. The smallest absolute Gasteiger partial charge is 0.132 e. The fourth-order valence-corrected chi connectivity index (χ4v) is 1.69. The second kappa shape index (κ2) is 5.52. The summed E-state index contributed by atoms with van der Waals surface area (Å²) in [5.74, 6) is 5.53. The van der Waals surface area contributed by atoms with E-state index in [1.807, 2.05) is 0 Å². The van der Waals surface area contributed by atoms with Gasteiger partial charge in [0, 0.05) is 29.6 Å². The SMILES string of the molecule is COc1ccc(C(NN)c2cncnc2)c(F)c1. The number of nitrogens with two attached hydrogens (primary N) is 1. The molecule has 0 fully saturated rings. The van der Waals surface area contributed by atoms with Crippen molar-refractivity contribution in [3.63, 3.8) is 0 Å². The summed E-state index contributed by atoms with van der Waals surface area (Å²) < 4.78 is 18.9. The van der Waals surface area contributed by atoms with Crippen molar-refractivity contribution >= 4 is 0 Å². The van der Waals surface area contributed by atoms with Crippen molar-refractivity contribution in [3.05, 3.63) is 53.9 Å². The molecule has 2 aromatic rings. The quantitative estimate of drug-likeness (QED) is 0.628. The molecule has 0 aliphatic carbocycles. The summed E-state index contributed by atoms with van der Waals surface area (Å²) in [6.07, 6.45) is 4.57. The lowest BCUT2D eigenvalue weighted by atomic mass is 10.0. The number of rotatable bonds is 4. The molecule has 94 valence electrons. The molecule has 0 aliphatic rings. The molecule has 0 bridgehead atoms. The number of halogens is 1. The summed E-state index contributed by atoms with van der Waals surface area (Å²) in [4.78, 5) is 7.78. The number of hydrazine groups is 1. The van der Waals surface area contributed by atoms with E-state index < -0.39 is 11.9 Å². The third kappa shape index (κ3) is 2.44. The van der Waals surface area contributed by atoms with Crippen molar-refractivity contribution < 1.29 is 9.13 Å². The Hall–Kier alpha value is -2.05. The van der Waals surface area contributed by atoms with Crippen LogP contribution in [0.2, 0.25) is 0 Å². The van der Waals surface area contributed by atoms with Gasteiger partial charge in [0.1, 0.15) is 17.9 Å². The molecule has 1 atom stereocenters. The van der Waals surface area contributed by atoms with Crippen LogP contribution in [0.3, 0.4) is 0 Å². The van der Waals surface area contributed by atoms with Gasteiger partial charge in [-0.05, 0) is 6.07 Å². The van der Waals surface area contributed by atoms with Crippen LogP contribution in [0.15, 0.2) is 36.9 Å². The van der Waals surface area contributed by atoms with E-state index in [9.17, 15) is 4.39 Å². The average molecular weight is 248 g/mol. The van der Waals surface area contributed by atoms with Gasteiger partial charge in [0.2, 0.25) is 0 Å². The molecular weight excluding hydrogens is 235 g/mol. The summed E-state index contributed by atoms with van der Waals surface area (Å²) in [6.45, 7) is 0. The molecule has 0 aliphatic heterocycles. The minimum atomic E-state index is -0.503. The van der Waals surface area contributed by atoms with Crippen LogP contribution in [0.1, 0.15) is 17.2 Å². The lowest BCUT2D eigenvalue weighted by molar-refractivity contribution is 0.410. The monoisotopic (exact) mass is 248 g/mol. The van der Waals surface area contributed by atoms with E-state index in [0.29, 0.717) is 16.9 Å². The Balaban J connectivity index is 2.39. The van der Waals surface area contributed by atoms with Crippen molar-refractivity contribution in [1.29, 1.82) is 0 Å². The maximum Gasteiger partial charge on any atom is 0.132 e. The fraction of sp³-hybridized carbons (Fsp3) is 0.167. The number of nitrogens with one attached hydrogen (secondary N) is 1. The summed E-state index contributed by atoms with van der Waals surface area (Å²) >= 11 is 0. The average Bonchev–Trinajstić information content (AvgIpc) is 2.42. The molecule has 0 spiro atoms. The van der Waals surface area contributed by atoms with E-state index >= 15 is 0 Å². The standard InChI is InChI=1S/C12H13FN4O/c1-18-9-2-3-10(11(13)4-9)12(17-14)8-5-15-7-16-6-8/h2-7,12,17H,14H2,1H3. The largest absolute Gasteiger partial charge is 0.497 e. The molecule has 1 aromatic carbocycles. The Morgan fingerprint density at radius 1 is 1.33 bits per heavy atom. The van der Waals surface area contributed by atoms with Crippen LogP contribution in [0.4, 0.5) is 4.39 Å². The second-order valence-corrected chi connectivity index (χ2v) is 3.66. The number of nitrogens with zero attached hydrogens (tertiary/aromatic N) is 2. The van der Waals surface area contributed by atoms with Crippen molar-refractivity contribution in [3.8, 4) is 5.75 Å². The van der Waals surface area contributed by atoms with Crippen LogP contribution in [0.25, 0.3) is 0 Å². The van der Waals surface area contributed by atoms with Crippen LogP contribution in [-0.4, -0.2) is 17.1 Å². The molecule has 0 saturated carbocycles. The number of hydrogen-bond donors (Lipinski definition) is 2. The first kappa shape index (κ1) is 12.4. The Kier molecular flexibility index (Phi) is 3.81. The Morgan fingerprint density at radius 3 is 2.61 bits per heavy atom. The maximum atomic E-state index is 13.9. The Bertz CT molecular complexity index is 521. The van der Waals surface area contributed by atoms with Crippen LogP contribution in [0, 0.1) is 5.82 Å². The molecule has 0 amide bonds. The van der Waals surface area contributed by atoms with E-state index in [-0.39, 0.29) is 0 Å². The molecule has 5 nitrogen and oxygen atoms in total. The summed E-state index contributed by atoms with van der Waals surface area (Å²) in [5.41, 5.74) is 3.65. The van der Waals surface area contributed by atoms with Gasteiger partial charge in [-0.3, -0.25) is 5.84 Å². The molecule has 1 aromatic heterocycles. The molecule has 0 radical (unpaired) electrons. The number of benzene rings is 1. The molecule has 1 unspecified atom stereocenters. The van der Waals surface area contributed by atoms with Gasteiger partial charge in [0.05, 0.1) is 13.2 Å². The summed E-state index contributed by atoms with van der Waals surface area (Å²) in [7, 11) is 1.48. The molecule has 3 N–H and O–H groups in total. The first-order valence-corrected chi connectivity index (χ1v) is 5.30. The molecule has 6 heteroatoms. The van der Waals surface area contributed by atoms with E-state index in [2.05, 4.69) is 15.4 Å². The van der Waals surface area contributed by atoms with E-state index in [1.54, 1.807) is 24.5 Å². The van der Waals surface area contributed by atoms with Crippen LogP contribution >= 0.6 is 0 Å². The maximum absolute atomic E-state index is 13.9. The number of aromatic nitrogens is 2. The highest BCUT2D eigenvalue weighted by atomic mass is 19.1. The zero-order chi connectivity index (χ0) is 13.0. The van der Waals surface area contributed by atoms with Crippen LogP contribution in [0.5, 0.6) is 5.75 Å². The van der Waals surface area contributed by atoms with E-state index in [4.69, 9.17) is 10.6 Å². The highest BCUT2D eigenvalue weighted by Crippen LogP contribution is 2.25. The molecular formula is C12H13FN4O. The van der Waals surface area contributed by atoms with E-state index in [0.717, 1.165) is 0 Å². The zero-order valence-corrected chi connectivity index (χ0v) is 9.80. The third-order valence-electron chi connectivity index (χ3n) is 2.60. The normalized spacial score (nSPS) is 12.2. The van der Waals surface area contributed by atoms with Gasteiger partial charge < -0.3 is 4.74 Å². The molecule has 18 heavy (non-hydrogen) atoms. The number of ether oxygens (including phenoxy) is 1. The first-order valence-electron chi connectivity index (χ1n) is 5.30. The van der Waals surface area contributed by atoms with Gasteiger partial charge in [-0.2, -0.15) is 0 Å². The molecule has 1 heterocycles. The van der Waals surface area contributed by atoms with Gasteiger partial charge >= 0.3 is 0 Å². The van der Waals surface area contributed by atoms with Crippen molar-refractivity contribution in [2.75, 3.05) is 7.11 Å². The highest BCUT2D eigenvalue weighted by Gasteiger charge is 2.17.